The summed E-state index contributed by atoms with van der Waals surface area (Å²) >= 11 is 0. The Labute approximate surface area is 124 Å². The molecule has 3 heteroatoms. The van der Waals surface area contributed by atoms with Gasteiger partial charge in [-0.3, -0.25) is 4.79 Å². The van der Waals surface area contributed by atoms with E-state index >= 15 is 0 Å². The van der Waals surface area contributed by atoms with Gasteiger partial charge >= 0.3 is 0 Å². The molecule has 0 bridgehead atoms. The summed E-state index contributed by atoms with van der Waals surface area (Å²) in [6.07, 6.45) is 13.0. The summed E-state index contributed by atoms with van der Waals surface area (Å²) < 4.78 is 0. The first-order valence-corrected chi connectivity index (χ1v) is 8.75. The fraction of sp³-hybridized carbons (Fsp3) is 0.941. The van der Waals surface area contributed by atoms with Crippen molar-refractivity contribution in [3.05, 3.63) is 0 Å². The van der Waals surface area contributed by atoms with Crippen molar-refractivity contribution in [3.63, 3.8) is 0 Å². The first-order valence-electron chi connectivity index (χ1n) is 8.75. The van der Waals surface area contributed by atoms with Gasteiger partial charge in [0.2, 0.25) is 5.91 Å². The number of nitrogens with zero attached hydrogens (tertiary/aromatic N) is 1. The molecule has 2 rings (SSSR count). The second-order valence-corrected chi connectivity index (χ2v) is 6.80. The number of amides is 1. The molecule has 116 valence electrons. The monoisotopic (exact) mass is 280 g/mol. The number of hydrogen-bond donors (Lipinski definition) is 1. The fourth-order valence-corrected chi connectivity index (χ4v) is 4.10. The van der Waals surface area contributed by atoms with Crippen LogP contribution in [0.2, 0.25) is 0 Å². The molecule has 2 atom stereocenters. The predicted octanol–water partition coefficient (Wildman–Crippen LogP) is 3.47. The van der Waals surface area contributed by atoms with E-state index in [1.807, 2.05) is 0 Å². The van der Waals surface area contributed by atoms with Crippen LogP contribution in [0.15, 0.2) is 0 Å². The molecule has 2 aliphatic carbocycles. The minimum atomic E-state index is 0.379. The Morgan fingerprint density at radius 1 is 1.10 bits per heavy atom. The molecule has 3 nitrogen and oxygen atoms in total. The van der Waals surface area contributed by atoms with Gasteiger partial charge < -0.3 is 10.6 Å². The van der Waals surface area contributed by atoms with Crippen molar-refractivity contribution < 1.29 is 4.79 Å². The molecule has 0 aromatic heterocycles. The highest BCUT2D eigenvalue weighted by molar-refractivity contribution is 5.76. The minimum Gasteiger partial charge on any atom is -0.340 e. The van der Waals surface area contributed by atoms with Crippen LogP contribution >= 0.6 is 0 Å². The van der Waals surface area contributed by atoms with Crippen LogP contribution in [0, 0.1) is 5.92 Å². The summed E-state index contributed by atoms with van der Waals surface area (Å²) in [7, 11) is 0. The van der Waals surface area contributed by atoms with E-state index < -0.39 is 0 Å². The zero-order chi connectivity index (χ0) is 14.4. The van der Waals surface area contributed by atoms with Crippen LogP contribution in [0.1, 0.15) is 77.6 Å². The van der Waals surface area contributed by atoms with Crippen molar-refractivity contribution >= 4 is 5.91 Å². The van der Waals surface area contributed by atoms with E-state index in [2.05, 4.69) is 11.8 Å². The van der Waals surface area contributed by atoms with E-state index in [-0.39, 0.29) is 0 Å². The van der Waals surface area contributed by atoms with Crippen LogP contribution in [0.5, 0.6) is 0 Å². The van der Waals surface area contributed by atoms with Crippen molar-refractivity contribution in [3.8, 4) is 0 Å². The normalized spacial score (nSPS) is 28.3. The lowest BCUT2D eigenvalue weighted by Crippen LogP contribution is -2.41. The molecule has 0 spiro atoms. The lowest BCUT2D eigenvalue weighted by Gasteiger charge is -2.34. The number of rotatable bonds is 5. The zero-order valence-electron chi connectivity index (χ0n) is 13.2. The Hall–Kier alpha value is -0.570. The average molecular weight is 280 g/mol. The van der Waals surface area contributed by atoms with Gasteiger partial charge in [-0.1, -0.05) is 32.1 Å². The maximum Gasteiger partial charge on any atom is 0.222 e. The third kappa shape index (κ3) is 4.47. The van der Waals surface area contributed by atoms with Gasteiger partial charge in [-0.05, 0) is 44.9 Å². The molecule has 0 aliphatic heterocycles. The molecule has 0 saturated heterocycles. The van der Waals surface area contributed by atoms with Crippen LogP contribution in [0.3, 0.4) is 0 Å². The van der Waals surface area contributed by atoms with E-state index in [1.165, 1.54) is 51.4 Å². The highest BCUT2D eigenvalue weighted by atomic mass is 16.2. The van der Waals surface area contributed by atoms with Gasteiger partial charge in [0.15, 0.2) is 0 Å². The van der Waals surface area contributed by atoms with E-state index in [9.17, 15) is 4.79 Å². The SMILES string of the molecule is CCN(C(=O)CCC1CCCC(N)C1)C1CCCCC1. The number of carbonyl (C=O) groups is 1. The molecule has 0 heterocycles. The standard InChI is InChI=1S/C17H32N2O/c1-2-19(16-9-4-3-5-10-16)17(20)12-11-14-7-6-8-15(18)13-14/h14-16H,2-13,18H2,1H3. The lowest BCUT2D eigenvalue weighted by atomic mass is 9.83. The van der Waals surface area contributed by atoms with Crippen molar-refractivity contribution in [2.45, 2.75) is 89.6 Å². The maximum absolute atomic E-state index is 12.5. The van der Waals surface area contributed by atoms with Gasteiger partial charge in [-0.25, -0.2) is 0 Å². The molecule has 2 fully saturated rings. The summed E-state index contributed by atoms with van der Waals surface area (Å²) in [5.74, 6) is 1.08. The zero-order valence-corrected chi connectivity index (χ0v) is 13.2. The van der Waals surface area contributed by atoms with E-state index in [1.54, 1.807) is 0 Å². The first-order chi connectivity index (χ1) is 9.70. The summed E-state index contributed by atoms with van der Waals surface area (Å²) in [6, 6.07) is 0.902. The number of hydrogen-bond acceptors (Lipinski definition) is 2. The Bertz CT molecular complexity index is 299. The van der Waals surface area contributed by atoms with E-state index in [0.29, 0.717) is 23.9 Å². The van der Waals surface area contributed by atoms with Gasteiger partial charge in [0, 0.05) is 25.0 Å². The molecule has 2 N–H and O–H groups in total. The van der Waals surface area contributed by atoms with Crippen LogP contribution in [0.25, 0.3) is 0 Å². The lowest BCUT2D eigenvalue weighted by molar-refractivity contribution is -0.134. The summed E-state index contributed by atoms with van der Waals surface area (Å²) in [5, 5.41) is 0. The molecule has 0 radical (unpaired) electrons. The third-order valence-electron chi connectivity index (χ3n) is 5.27. The summed E-state index contributed by atoms with van der Waals surface area (Å²) in [6.45, 7) is 3.01. The van der Waals surface area contributed by atoms with Crippen molar-refractivity contribution in [2.24, 2.45) is 11.7 Å². The predicted molar refractivity (Wildman–Crippen MR) is 83.4 cm³/mol. The molecular weight excluding hydrogens is 248 g/mol. The summed E-state index contributed by atoms with van der Waals surface area (Å²) in [5.41, 5.74) is 6.04. The Morgan fingerprint density at radius 3 is 2.50 bits per heavy atom. The average Bonchev–Trinajstić information content (AvgIpc) is 2.47. The van der Waals surface area contributed by atoms with Gasteiger partial charge in [-0.2, -0.15) is 0 Å². The smallest absolute Gasteiger partial charge is 0.222 e. The van der Waals surface area contributed by atoms with E-state index in [0.717, 1.165) is 25.8 Å². The third-order valence-corrected chi connectivity index (χ3v) is 5.27. The van der Waals surface area contributed by atoms with E-state index in [4.69, 9.17) is 5.73 Å². The van der Waals surface area contributed by atoms with Crippen molar-refractivity contribution in [1.82, 2.24) is 4.90 Å². The second-order valence-electron chi connectivity index (χ2n) is 6.80. The molecule has 1 amide bonds. The van der Waals surface area contributed by atoms with Gasteiger partial charge in [-0.15, -0.1) is 0 Å². The van der Waals surface area contributed by atoms with Crippen LogP contribution in [-0.4, -0.2) is 29.4 Å². The molecular formula is C17H32N2O. The fourth-order valence-electron chi connectivity index (χ4n) is 4.10. The molecule has 0 aromatic carbocycles. The Kier molecular flexibility index (Phi) is 6.34. The van der Waals surface area contributed by atoms with Crippen LogP contribution < -0.4 is 5.73 Å². The highest BCUT2D eigenvalue weighted by Gasteiger charge is 2.25. The topological polar surface area (TPSA) is 46.3 Å². The largest absolute Gasteiger partial charge is 0.340 e. The molecule has 2 aliphatic rings. The highest BCUT2D eigenvalue weighted by Crippen LogP contribution is 2.28. The quantitative estimate of drug-likeness (QED) is 0.838. The molecule has 2 saturated carbocycles. The Balaban J connectivity index is 1.76. The van der Waals surface area contributed by atoms with Crippen LogP contribution in [-0.2, 0) is 4.79 Å². The van der Waals surface area contributed by atoms with Gasteiger partial charge in [0.1, 0.15) is 0 Å². The van der Waals surface area contributed by atoms with Crippen molar-refractivity contribution in [2.75, 3.05) is 6.54 Å². The first kappa shape index (κ1) is 15.8. The minimum absolute atomic E-state index is 0.379. The Morgan fingerprint density at radius 2 is 1.85 bits per heavy atom. The number of carbonyl (C=O) groups excluding carboxylic acids is 1. The van der Waals surface area contributed by atoms with Gasteiger partial charge in [0.05, 0.1) is 0 Å². The molecule has 2 unspecified atom stereocenters. The van der Waals surface area contributed by atoms with Crippen molar-refractivity contribution in [1.29, 1.82) is 0 Å². The van der Waals surface area contributed by atoms with Crippen LogP contribution in [0.4, 0.5) is 0 Å². The summed E-state index contributed by atoms with van der Waals surface area (Å²) in [4.78, 5) is 14.6. The number of nitrogens with two attached hydrogens (primary N) is 1. The second kappa shape index (κ2) is 8.02. The molecule has 0 aromatic rings. The van der Waals surface area contributed by atoms with Gasteiger partial charge in [0.25, 0.3) is 0 Å². The molecule has 20 heavy (non-hydrogen) atoms. The maximum atomic E-state index is 12.5.